The fraction of sp³-hybridized carbons (Fsp3) is 0.118. The molecule has 1 N–H and O–H groups in total. The summed E-state index contributed by atoms with van der Waals surface area (Å²) in [6.07, 6.45) is 0.291. The van der Waals surface area contributed by atoms with Gasteiger partial charge in [-0.05, 0) is 29.8 Å². The second-order valence-corrected chi connectivity index (χ2v) is 4.96. The molecular formula is C17H14FN3O2. The summed E-state index contributed by atoms with van der Waals surface area (Å²) in [5.74, 6) is 0.200. The van der Waals surface area contributed by atoms with Crippen molar-refractivity contribution in [2.24, 2.45) is 0 Å². The summed E-state index contributed by atoms with van der Waals surface area (Å²) >= 11 is 0. The number of nitrogens with one attached hydrogen (secondary N) is 1. The maximum absolute atomic E-state index is 12.9. The highest BCUT2D eigenvalue weighted by atomic mass is 19.1. The molecule has 3 aromatic rings. The molecule has 1 aromatic heterocycles. The van der Waals surface area contributed by atoms with Gasteiger partial charge in [0.1, 0.15) is 5.82 Å². The van der Waals surface area contributed by atoms with Crippen molar-refractivity contribution in [3.8, 4) is 11.4 Å². The van der Waals surface area contributed by atoms with Crippen molar-refractivity contribution < 1.29 is 13.7 Å². The summed E-state index contributed by atoms with van der Waals surface area (Å²) in [6, 6.07) is 15.2. The summed E-state index contributed by atoms with van der Waals surface area (Å²) in [7, 11) is 0. The van der Waals surface area contributed by atoms with E-state index in [2.05, 4.69) is 15.5 Å². The summed E-state index contributed by atoms with van der Waals surface area (Å²) in [6.45, 7) is 0.153. The molecule has 0 aliphatic rings. The minimum Gasteiger partial charge on any atom is -0.347 e. The molecule has 1 heterocycles. The van der Waals surface area contributed by atoms with Gasteiger partial charge < -0.3 is 9.84 Å². The zero-order valence-corrected chi connectivity index (χ0v) is 12.2. The minimum atomic E-state index is -0.328. The van der Waals surface area contributed by atoms with Crippen LogP contribution in [0.3, 0.4) is 0 Å². The molecule has 0 radical (unpaired) electrons. The van der Waals surface area contributed by atoms with Gasteiger partial charge in [-0.15, -0.1) is 0 Å². The fourth-order valence-electron chi connectivity index (χ4n) is 2.06. The fourth-order valence-corrected chi connectivity index (χ4v) is 2.06. The summed E-state index contributed by atoms with van der Waals surface area (Å²) in [5, 5.41) is 6.54. The van der Waals surface area contributed by atoms with Crippen LogP contribution < -0.4 is 5.32 Å². The third-order valence-electron chi connectivity index (χ3n) is 3.21. The SMILES string of the molecule is O=C(Cc1ccccc1)NCc1nc(-c2ccc(F)cc2)no1. The van der Waals surface area contributed by atoms with E-state index in [0.717, 1.165) is 5.56 Å². The molecule has 23 heavy (non-hydrogen) atoms. The van der Waals surface area contributed by atoms with E-state index >= 15 is 0 Å². The molecule has 116 valence electrons. The van der Waals surface area contributed by atoms with Crippen molar-refractivity contribution >= 4 is 5.91 Å². The molecule has 0 fully saturated rings. The Morgan fingerprint density at radius 3 is 2.57 bits per heavy atom. The van der Waals surface area contributed by atoms with Gasteiger partial charge >= 0.3 is 0 Å². The van der Waals surface area contributed by atoms with E-state index in [1.54, 1.807) is 12.1 Å². The van der Waals surface area contributed by atoms with E-state index in [1.807, 2.05) is 30.3 Å². The Labute approximate surface area is 132 Å². The largest absolute Gasteiger partial charge is 0.347 e. The number of amides is 1. The van der Waals surface area contributed by atoms with E-state index < -0.39 is 0 Å². The number of hydrogen-bond donors (Lipinski definition) is 1. The number of nitrogens with zero attached hydrogens (tertiary/aromatic N) is 2. The number of halogens is 1. The van der Waals surface area contributed by atoms with Crippen molar-refractivity contribution in [3.05, 3.63) is 71.9 Å². The highest BCUT2D eigenvalue weighted by Gasteiger charge is 2.10. The first-order valence-electron chi connectivity index (χ1n) is 7.10. The van der Waals surface area contributed by atoms with Crippen molar-refractivity contribution in [2.75, 3.05) is 0 Å². The lowest BCUT2D eigenvalue weighted by atomic mass is 10.1. The quantitative estimate of drug-likeness (QED) is 0.786. The van der Waals surface area contributed by atoms with Gasteiger partial charge in [-0.25, -0.2) is 4.39 Å². The number of aromatic nitrogens is 2. The van der Waals surface area contributed by atoms with Gasteiger partial charge in [0.05, 0.1) is 13.0 Å². The molecular weight excluding hydrogens is 297 g/mol. The van der Waals surface area contributed by atoms with Crippen molar-refractivity contribution in [3.63, 3.8) is 0 Å². The van der Waals surface area contributed by atoms with E-state index in [9.17, 15) is 9.18 Å². The lowest BCUT2D eigenvalue weighted by molar-refractivity contribution is -0.120. The average Bonchev–Trinajstić information content (AvgIpc) is 3.04. The Bertz CT molecular complexity index is 785. The first-order chi connectivity index (χ1) is 11.2. The van der Waals surface area contributed by atoms with Crippen molar-refractivity contribution in [2.45, 2.75) is 13.0 Å². The molecule has 3 rings (SSSR count). The highest BCUT2D eigenvalue weighted by Crippen LogP contribution is 2.15. The zero-order valence-electron chi connectivity index (χ0n) is 12.2. The number of benzene rings is 2. The van der Waals surface area contributed by atoms with E-state index in [1.165, 1.54) is 12.1 Å². The maximum Gasteiger partial charge on any atom is 0.246 e. The van der Waals surface area contributed by atoms with Crippen LogP contribution in [0, 0.1) is 5.82 Å². The van der Waals surface area contributed by atoms with E-state index in [-0.39, 0.29) is 18.3 Å². The molecule has 0 saturated carbocycles. The van der Waals surface area contributed by atoms with E-state index in [4.69, 9.17) is 4.52 Å². The van der Waals surface area contributed by atoms with Gasteiger partial charge in [-0.1, -0.05) is 35.5 Å². The monoisotopic (exact) mass is 311 g/mol. The number of carbonyl (C=O) groups excluding carboxylic acids is 1. The topological polar surface area (TPSA) is 68.0 Å². The Morgan fingerprint density at radius 1 is 1.09 bits per heavy atom. The third-order valence-corrected chi connectivity index (χ3v) is 3.21. The average molecular weight is 311 g/mol. The molecule has 0 bridgehead atoms. The first kappa shape index (κ1) is 14.9. The van der Waals surface area contributed by atoms with Gasteiger partial charge in [0.25, 0.3) is 0 Å². The van der Waals surface area contributed by atoms with Gasteiger partial charge in [0.15, 0.2) is 0 Å². The number of carbonyl (C=O) groups is 1. The maximum atomic E-state index is 12.9. The Morgan fingerprint density at radius 2 is 1.83 bits per heavy atom. The van der Waals surface area contributed by atoms with Gasteiger partial charge in [-0.2, -0.15) is 4.98 Å². The van der Waals surface area contributed by atoms with Gasteiger partial charge in [0, 0.05) is 5.56 Å². The smallest absolute Gasteiger partial charge is 0.246 e. The Hall–Kier alpha value is -3.02. The highest BCUT2D eigenvalue weighted by molar-refractivity contribution is 5.78. The molecule has 1 amide bonds. The molecule has 2 aromatic carbocycles. The standard InChI is InChI=1S/C17H14FN3O2/c18-14-8-6-13(7-9-14)17-20-16(23-21-17)11-19-15(22)10-12-4-2-1-3-5-12/h1-9H,10-11H2,(H,19,22). The van der Waals surface area contributed by atoms with Crippen LogP contribution in [-0.2, 0) is 17.8 Å². The number of rotatable bonds is 5. The van der Waals surface area contributed by atoms with Crippen LogP contribution in [0.15, 0.2) is 59.1 Å². The van der Waals surface area contributed by atoms with Crippen LogP contribution in [0.2, 0.25) is 0 Å². The second kappa shape index (κ2) is 6.83. The van der Waals surface area contributed by atoms with Gasteiger partial charge in [-0.3, -0.25) is 4.79 Å². The normalized spacial score (nSPS) is 10.5. The molecule has 0 spiro atoms. The van der Waals surface area contributed by atoms with Gasteiger partial charge in [0.2, 0.25) is 17.6 Å². The van der Waals surface area contributed by atoms with Crippen LogP contribution in [0.4, 0.5) is 4.39 Å². The first-order valence-corrected chi connectivity index (χ1v) is 7.10. The predicted octanol–water partition coefficient (Wildman–Crippen LogP) is 2.73. The van der Waals surface area contributed by atoms with Crippen molar-refractivity contribution in [1.82, 2.24) is 15.5 Å². The summed E-state index contributed by atoms with van der Waals surface area (Å²) in [5.41, 5.74) is 1.58. The van der Waals surface area contributed by atoms with Crippen molar-refractivity contribution in [1.29, 1.82) is 0 Å². The minimum absolute atomic E-state index is 0.127. The zero-order chi connectivity index (χ0) is 16.1. The van der Waals surface area contributed by atoms with Crippen LogP contribution in [-0.4, -0.2) is 16.0 Å². The number of hydrogen-bond acceptors (Lipinski definition) is 4. The van der Waals surface area contributed by atoms with Crippen LogP contribution in [0.1, 0.15) is 11.5 Å². The summed E-state index contributed by atoms with van der Waals surface area (Å²) < 4.78 is 18.0. The molecule has 0 aliphatic heterocycles. The lowest BCUT2D eigenvalue weighted by Crippen LogP contribution is -2.24. The van der Waals surface area contributed by atoms with Crippen LogP contribution in [0.25, 0.3) is 11.4 Å². The van der Waals surface area contributed by atoms with Crippen LogP contribution in [0.5, 0.6) is 0 Å². The summed E-state index contributed by atoms with van der Waals surface area (Å²) in [4.78, 5) is 16.0. The molecule has 0 aliphatic carbocycles. The molecule has 0 atom stereocenters. The Balaban J connectivity index is 1.57. The lowest BCUT2D eigenvalue weighted by Gasteiger charge is -2.02. The second-order valence-electron chi connectivity index (χ2n) is 4.96. The third kappa shape index (κ3) is 4.00. The van der Waals surface area contributed by atoms with E-state index in [0.29, 0.717) is 23.7 Å². The predicted molar refractivity (Wildman–Crippen MR) is 81.7 cm³/mol. The van der Waals surface area contributed by atoms with Crippen LogP contribution >= 0.6 is 0 Å². The molecule has 5 nitrogen and oxygen atoms in total. The molecule has 0 saturated heterocycles. The molecule has 6 heteroatoms. The molecule has 0 unspecified atom stereocenters. The Kier molecular flexibility index (Phi) is 4.42.